The fourth-order valence-electron chi connectivity index (χ4n) is 1.41. The minimum atomic E-state index is -0.453. The van der Waals surface area contributed by atoms with Gasteiger partial charge in [-0.15, -0.1) is 0 Å². The maximum Gasteiger partial charge on any atom is 0.123 e. The molecule has 2 atom stereocenters. The van der Waals surface area contributed by atoms with Crippen LogP contribution in [0.15, 0.2) is 24.3 Å². The molecule has 3 heteroatoms. The molecule has 1 aromatic carbocycles. The highest BCUT2D eigenvalue weighted by molar-refractivity contribution is 5.20. The molecule has 0 fully saturated rings. The monoisotopic (exact) mass is 197 g/mol. The normalized spacial score (nSPS) is 15.1. The molecule has 0 radical (unpaired) electrons. The second kappa shape index (κ2) is 5.08. The predicted octanol–water partition coefficient (Wildman–Crippen LogP) is 1.64. The number of aliphatic hydroxyl groups is 1. The number of hydrogen-bond donors (Lipinski definition) is 2. The Morgan fingerprint density at radius 1 is 1.36 bits per heavy atom. The molecule has 1 aromatic rings. The zero-order valence-electron chi connectivity index (χ0n) is 8.28. The Kier molecular flexibility index (Phi) is 4.04. The Morgan fingerprint density at radius 3 is 2.43 bits per heavy atom. The van der Waals surface area contributed by atoms with Crippen molar-refractivity contribution in [2.75, 3.05) is 6.54 Å². The third-order valence-electron chi connectivity index (χ3n) is 2.44. The molecule has 2 unspecified atom stereocenters. The fraction of sp³-hybridized carbons (Fsp3) is 0.455. The highest BCUT2D eigenvalue weighted by Gasteiger charge is 2.14. The van der Waals surface area contributed by atoms with E-state index in [0.29, 0.717) is 13.0 Å². The van der Waals surface area contributed by atoms with Gasteiger partial charge < -0.3 is 10.8 Å². The maximum absolute atomic E-state index is 12.6. The van der Waals surface area contributed by atoms with Gasteiger partial charge in [0.2, 0.25) is 0 Å². The van der Waals surface area contributed by atoms with Crippen LogP contribution in [0.2, 0.25) is 0 Å². The van der Waals surface area contributed by atoms with Gasteiger partial charge in [0.1, 0.15) is 5.82 Å². The first-order valence-electron chi connectivity index (χ1n) is 4.78. The van der Waals surface area contributed by atoms with Gasteiger partial charge in [0.25, 0.3) is 0 Å². The second-order valence-electron chi connectivity index (χ2n) is 3.48. The maximum atomic E-state index is 12.6. The van der Waals surface area contributed by atoms with E-state index < -0.39 is 6.10 Å². The lowest BCUT2D eigenvalue weighted by atomic mass is 9.93. The summed E-state index contributed by atoms with van der Waals surface area (Å²) in [7, 11) is 0. The van der Waals surface area contributed by atoms with Gasteiger partial charge in [-0.05, 0) is 30.7 Å². The number of hydrogen-bond acceptors (Lipinski definition) is 2. The quantitative estimate of drug-likeness (QED) is 0.770. The lowest BCUT2D eigenvalue weighted by molar-refractivity contribution is 0.142. The van der Waals surface area contributed by atoms with Crippen molar-refractivity contribution in [1.82, 2.24) is 0 Å². The molecule has 3 N–H and O–H groups in total. The van der Waals surface area contributed by atoms with Crippen LogP contribution in [-0.2, 0) is 0 Å². The van der Waals surface area contributed by atoms with Crippen molar-refractivity contribution in [3.05, 3.63) is 35.6 Å². The van der Waals surface area contributed by atoms with Gasteiger partial charge in [0.15, 0.2) is 0 Å². The minimum Gasteiger partial charge on any atom is -0.392 e. The molecule has 14 heavy (non-hydrogen) atoms. The van der Waals surface area contributed by atoms with Crippen molar-refractivity contribution in [3.63, 3.8) is 0 Å². The number of aliphatic hydroxyl groups excluding tert-OH is 1. The Labute approximate surface area is 83.6 Å². The molecule has 0 spiro atoms. The summed E-state index contributed by atoms with van der Waals surface area (Å²) in [5.74, 6) is -0.256. The summed E-state index contributed by atoms with van der Waals surface area (Å²) in [5, 5.41) is 9.67. The van der Waals surface area contributed by atoms with Crippen molar-refractivity contribution in [1.29, 1.82) is 0 Å². The Bertz CT molecular complexity index is 273. The van der Waals surface area contributed by atoms with Gasteiger partial charge in [-0.2, -0.15) is 0 Å². The minimum absolute atomic E-state index is 0.000787. The number of benzene rings is 1. The van der Waals surface area contributed by atoms with Crippen LogP contribution >= 0.6 is 0 Å². The Hall–Kier alpha value is -0.930. The number of nitrogens with two attached hydrogens (primary N) is 1. The largest absolute Gasteiger partial charge is 0.392 e. The number of halogens is 1. The molecule has 0 aliphatic heterocycles. The average Bonchev–Trinajstić information content (AvgIpc) is 2.18. The van der Waals surface area contributed by atoms with Crippen molar-refractivity contribution in [2.24, 2.45) is 5.73 Å². The van der Waals surface area contributed by atoms with E-state index in [-0.39, 0.29) is 11.7 Å². The topological polar surface area (TPSA) is 46.2 Å². The summed E-state index contributed by atoms with van der Waals surface area (Å²) in [6.07, 6.45) is 0.115. The second-order valence-corrected chi connectivity index (χ2v) is 3.48. The lowest BCUT2D eigenvalue weighted by Crippen LogP contribution is -2.19. The van der Waals surface area contributed by atoms with Crippen LogP contribution < -0.4 is 5.73 Å². The van der Waals surface area contributed by atoms with Gasteiger partial charge in [0.05, 0.1) is 6.10 Å². The van der Waals surface area contributed by atoms with Crippen LogP contribution in [0.4, 0.5) is 4.39 Å². The van der Waals surface area contributed by atoms with Crippen molar-refractivity contribution >= 4 is 0 Å². The highest BCUT2D eigenvalue weighted by atomic mass is 19.1. The molecule has 0 heterocycles. The summed E-state index contributed by atoms with van der Waals surface area (Å²) in [5.41, 5.74) is 6.29. The number of rotatable bonds is 4. The van der Waals surface area contributed by atoms with E-state index in [0.717, 1.165) is 5.56 Å². The standard InChI is InChI=1S/C11H16FNO/c1-8(11(14)6-7-13)9-2-4-10(12)5-3-9/h2-5,8,11,14H,6-7,13H2,1H3. The first kappa shape index (κ1) is 11.1. The van der Waals surface area contributed by atoms with E-state index in [2.05, 4.69) is 0 Å². The molecule has 0 aliphatic carbocycles. The van der Waals surface area contributed by atoms with Gasteiger partial charge in [-0.3, -0.25) is 0 Å². The molecule has 78 valence electrons. The average molecular weight is 197 g/mol. The van der Waals surface area contributed by atoms with Crippen LogP contribution in [0, 0.1) is 5.82 Å². The van der Waals surface area contributed by atoms with Crippen LogP contribution in [0.1, 0.15) is 24.8 Å². The third kappa shape index (κ3) is 2.79. The molecule has 0 aromatic heterocycles. The van der Waals surface area contributed by atoms with Crippen LogP contribution in [-0.4, -0.2) is 17.8 Å². The molecule has 0 amide bonds. The summed E-state index contributed by atoms with van der Waals surface area (Å²) in [6, 6.07) is 6.20. The zero-order chi connectivity index (χ0) is 10.6. The highest BCUT2D eigenvalue weighted by Crippen LogP contribution is 2.20. The Morgan fingerprint density at radius 2 is 1.93 bits per heavy atom. The van der Waals surface area contributed by atoms with E-state index in [1.54, 1.807) is 12.1 Å². The van der Waals surface area contributed by atoms with Crippen LogP contribution in [0.25, 0.3) is 0 Å². The van der Waals surface area contributed by atoms with Gasteiger partial charge in [-0.1, -0.05) is 19.1 Å². The van der Waals surface area contributed by atoms with E-state index >= 15 is 0 Å². The van der Waals surface area contributed by atoms with Crippen molar-refractivity contribution in [2.45, 2.75) is 25.4 Å². The summed E-state index contributed by atoms with van der Waals surface area (Å²) in [6.45, 7) is 2.38. The van der Waals surface area contributed by atoms with Gasteiger partial charge in [-0.25, -0.2) is 4.39 Å². The van der Waals surface area contributed by atoms with Crippen molar-refractivity contribution < 1.29 is 9.50 Å². The molecular formula is C11H16FNO. The van der Waals surface area contributed by atoms with Crippen LogP contribution in [0.3, 0.4) is 0 Å². The molecule has 2 nitrogen and oxygen atoms in total. The van der Waals surface area contributed by atoms with Gasteiger partial charge in [0, 0.05) is 5.92 Å². The molecule has 1 rings (SSSR count). The molecule has 0 saturated carbocycles. The summed E-state index contributed by atoms with van der Waals surface area (Å²) < 4.78 is 12.6. The lowest BCUT2D eigenvalue weighted by Gasteiger charge is -2.18. The van der Waals surface area contributed by atoms with E-state index in [1.807, 2.05) is 6.92 Å². The van der Waals surface area contributed by atoms with E-state index in [4.69, 9.17) is 5.73 Å². The van der Waals surface area contributed by atoms with Gasteiger partial charge >= 0.3 is 0 Å². The first-order chi connectivity index (χ1) is 6.65. The first-order valence-corrected chi connectivity index (χ1v) is 4.78. The molecule has 0 saturated heterocycles. The fourth-order valence-corrected chi connectivity index (χ4v) is 1.41. The predicted molar refractivity (Wildman–Crippen MR) is 54.5 cm³/mol. The SMILES string of the molecule is CC(c1ccc(F)cc1)C(O)CCN. The third-order valence-corrected chi connectivity index (χ3v) is 2.44. The Balaban J connectivity index is 2.68. The summed E-state index contributed by atoms with van der Waals surface area (Å²) >= 11 is 0. The van der Waals surface area contributed by atoms with E-state index in [1.165, 1.54) is 12.1 Å². The van der Waals surface area contributed by atoms with Crippen molar-refractivity contribution in [3.8, 4) is 0 Å². The molecular weight excluding hydrogens is 181 g/mol. The summed E-state index contributed by atoms with van der Waals surface area (Å²) in [4.78, 5) is 0. The zero-order valence-corrected chi connectivity index (χ0v) is 8.28. The van der Waals surface area contributed by atoms with E-state index in [9.17, 15) is 9.50 Å². The van der Waals surface area contributed by atoms with Crippen LogP contribution in [0.5, 0.6) is 0 Å². The molecule has 0 bridgehead atoms. The molecule has 0 aliphatic rings. The smallest absolute Gasteiger partial charge is 0.123 e.